The molecule has 0 atom stereocenters. The lowest BCUT2D eigenvalue weighted by Gasteiger charge is -2.30. The summed E-state index contributed by atoms with van der Waals surface area (Å²) in [7, 11) is 0. The summed E-state index contributed by atoms with van der Waals surface area (Å²) in [4.78, 5) is 0. The summed E-state index contributed by atoms with van der Waals surface area (Å²) in [6.45, 7) is 7.77. The van der Waals surface area contributed by atoms with Gasteiger partial charge < -0.3 is 16.3 Å². The summed E-state index contributed by atoms with van der Waals surface area (Å²) in [6, 6.07) is 0. The first-order valence-electron chi connectivity index (χ1n) is 5.72. The number of rotatable bonds is 7. The minimum atomic E-state index is -0.320. The molecular weight excluding hydrogens is 462 g/mol. The van der Waals surface area contributed by atoms with Gasteiger partial charge in [0.25, 0.3) is 0 Å². The summed E-state index contributed by atoms with van der Waals surface area (Å²) >= 11 is 3.42. The summed E-state index contributed by atoms with van der Waals surface area (Å²) in [5.41, 5.74) is 0.179. The fourth-order valence-electron chi connectivity index (χ4n) is 1.71. The molecule has 6 heteroatoms. The lowest BCUT2D eigenvalue weighted by atomic mass is 9.75. The van der Waals surface area contributed by atoms with Crippen molar-refractivity contribution < 1.29 is 16.3 Å². The van der Waals surface area contributed by atoms with Crippen LogP contribution in [0.25, 0.3) is 0 Å². The third kappa shape index (κ3) is 4.44. The Morgan fingerprint density at radius 1 is 1.17 bits per heavy atom. The maximum absolute atomic E-state index is 10.2. The molecule has 0 aliphatic rings. The SMILES string of the molecule is CCC(C)(CC)C(/C(O)=C(\C)OI)=C(\O)COI. The second kappa shape index (κ2) is 8.47. The van der Waals surface area contributed by atoms with Gasteiger partial charge in [-0.15, -0.1) is 0 Å². The first kappa shape index (κ1) is 18.3. The quantitative estimate of drug-likeness (QED) is 0.300. The Morgan fingerprint density at radius 3 is 2.00 bits per heavy atom. The molecule has 0 saturated heterocycles. The van der Waals surface area contributed by atoms with Gasteiger partial charge in [0.1, 0.15) is 41.1 Å². The van der Waals surface area contributed by atoms with E-state index in [2.05, 4.69) is 0 Å². The molecule has 0 amide bonds. The maximum atomic E-state index is 10.2. The van der Waals surface area contributed by atoms with Crippen molar-refractivity contribution in [3.8, 4) is 0 Å². The molecule has 0 aromatic heterocycles. The minimum absolute atomic E-state index is 0.0125. The molecule has 0 unspecified atom stereocenters. The van der Waals surface area contributed by atoms with Gasteiger partial charge in [-0.3, -0.25) is 0 Å². The summed E-state index contributed by atoms with van der Waals surface area (Å²) in [6.07, 6.45) is 1.59. The van der Waals surface area contributed by atoms with Crippen LogP contribution >= 0.6 is 46.0 Å². The van der Waals surface area contributed by atoms with E-state index < -0.39 is 0 Å². The monoisotopic (exact) mass is 482 g/mol. The van der Waals surface area contributed by atoms with E-state index in [0.717, 1.165) is 12.8 Å². The minimum Gasteiger partial charge on any atom is -0.509 e. The van der Waals surface area contributed by atoms with Crippen molar-refractivity contribution in [1.29, 1.82) is 0 Å². The van der Waals surface area contributed by atoms with Gasteiger partial charge in [0.15, 0.2) is 28.8 Å². The molecule has 0 aromatic rings. The highest BCUT2D eigenvalue weighted by Crippen LogP contribution is 2.40. The average Bonchev–Trinajstić information content (AvgIpc) is 2.37. The van der Waals surface area contributed by atoms with Crippen molar-refractivity contribution in [3.63, 3.8) is 0 Å². The molecule has 0 aromatic carbocycles. The van der Waals surface area contributed by atoms with Crippen LogP contribution in [-0.4, -0.2) is 16.8 Å². The van der Waals surface area contributed by atoms with E-state index in [1.807, 2.05) is 20.8 Å². The van der Waals surface area contributed by atoms with Gasteiger partial charge in [-0.25, -0.2) is 0 Å². The number of aliphatic hydroxyl groups excluding tert-OH is 2. The summed E-state index contributed by atoms with van der Waals surface area (Å²) in [5.74, 6) is 0.404. The number of aliphatic hydroxyl groups is 2. The third-order valence-corrected chi connectivity index (χ3v) is 4.30. The molecule has 0 bridgehead atoms. The standard InChI is InChI=1S/C12H20I2O4/c1-5-12(4,6-2)10(9(15)7-17-13)11(16)8(3)18-14/h15-16H,5-7H2,1-4H3/b10-9-,11-8-. The first-order chi connectivity index (χ1) is 8.37. The second-order valence-electron chi connectivity index (χ2n) is 4.32. The van der Waals surface area contributed by atoms with E-state index >= 15 is 0 Å². The lowest BCUT2D eigenvalue weighted by molar-refractivity contribution is 0.258. The van der Waals surface area contributed by atoms with Crippen LogP contribution in [0.1, 0.15) is 40.5 Å². The molecular formula is C12H20I2O4. The van der Waals surface area contributed by atoms with Crippen LogP contribution in [0.4, 0.5) is 0 Å². The Morgan fingerprint density at radius 2 is 1.67 bits per heavy atom. The second-order valence-corrected chi connectivity index (χ2v) is 5.39. The smallest absolute Gasteiger partial charge is 0.192 e. The number of allylic oxidation sites excluding steroid dienone is 2. The van der Waals surface area contributed by atoms with Crippen molar-refractivity contribution in [2.75, 3.05) is 6.61 Å². The van der Waals surface area contributed by atoms with Crippen LogP contribution in [0.3, 0.4) is 0 Å². The molecule has 106 valence electrons. The normalized spacial score (nSPS) is 15.0. The number of hydrogen-bond acceptors (Lipinski definition) is 4. The zero-order chi connectivity index (χ0) is 14.3. The molecule has 0 aliphatic heterocycles. The van der Waals surface area contributed by atoms with Gasteiger partial charge in [-0.1, -0.05) is 20.8 Å². The van der Waals surface area contributed by atoms with Crippen LogP contribution in [0.5, 0.6) is 0 Å². The predicted molar refractivity (Wildman–Crippen MR) is 88.7 cm³/mol. The molecule has 0 heterocycles. The highest BCUT2D eigenvalue weighted by atomic mass is 127. The van der Waals surface area contributed by atoms with Crippen molar-refractivity contribution in [2.45, 2.75) is 40.5 Å². The molecule has 18 heavy (non-hydrogen) atoms. The fraction of sp³-hybridized carbons (Fsp3) is 0.667. The molecule has 0 rings (SSSR count). The topological polar surface area (TPSA) is 58.9 Å². The Bertz CT molecular complexity index is 333. The van der Waals surface area contributed by atoms with Crippen LogP contribution in [-0.2, 0) is 6.13 Å². The van der Waals surface area contributed by atoms with Crippen molar-refractivity contribution in [2.24, 2.45) is 5.41 Å². The first-order valence-corrected chi connectivity index (χ1v) is 7.49. The molecule has 0 fully saturated rings. The molecule has 0 radical (unpaired) electrons. The molecule has 2 N–H and O–H groups in total. The Labute approximate surface area is 137 Å². The zero-order valence-electron chi connectivity index (χ0n) is 11.1. The van der Waals surface area contributed by atoms with Gasteiger partial charge in [0.2, 0.25) is 0 Å². The van der Waals surface area contributed by atoms with Crippen molar-refractivity contribution in [3.05, 3.63) is 22.9 Å². The summed E-state index contributed by atoms with van der Waals surface area (Å²) < 4.78 is 9.94. The predicted octanol–water partition coefficient (Wildman–Crippen LogP) is 5.15. The van der Waals surface area contributed by atoms with E-state index in [1.165, 1.54) is 0 Å². The summed E-state index contributed by atoms with van der Waals surface area (Å²) in [5, 5.41) is 20.4. The number of halogens is 2. The zero-order valence-corrected chi connectivity index (χ0v) is 15.4. The number of hydrogen-bond donors (Lipinski definition) is 2. The highest BCUT2D eigenvalue weighted by molar-refractivity contribution is 14.1. The van der Waals surface area contributed by atoms with Crippen LogP contribution in [0.15, 0.2) is 22.9 Å². The van der Waals surface area contributed by atoms with Crippen LogP contribution in [0.2, 0.25) is 0 Å². The van der Waals surface area contributed by atoms with E-state index in [-0.39, 0.29) is 23.5 Å². The van der Waals surface area contributed by atoms with Gasteiger partial charge in [0, 0.05) is 5.57 Å². The molecule has 0 saturated carbocycles. The lowest BCUT2D eigenvalue weighted by Crippen LogP contribution is -2.22. The molecule has 4 nitrogen and oxygen atoms in total. The third-order valence-electron chi connectivity index (χ3n) is 3.33. The van der Waals surface area contributed by atoms with Crippen molar-refractivity contribution in [1.82, 2.24) is 0 Å². The van der Waals surface area contributed by atoms with E-state index in [4.69, 9.17) is 6.13 Å². The van der Waals surface area contributed by atoms with Gasteiger partial charge >= 0.3 is 0 Å². The van der Waals surface area contributed by atoms with Crippen LogP contribution in [0, 0.1) is 5.41 Å². The van der Waals surface area contributed by atoms with E-state index in [0.29, 0.717) is 11.3 Å². The maximum Gasteiger partial charge on any atom is 0.192 e. The highest BCUT2D eigenvalue weighted by Gasteiger charge is 2.32. The molecule has 0 spiro atoms. The Balaban J connectivity index is 5.82. The molecule has 0 aliphatic carbocycles. The van der Waals surface area contributed by atoms with E-state index in [9.17, 15) is 10.2 Å². The van der Waals surface area contributed by atoms with Crippen LogP contribution < -0.4 is 0 Å². The average molecular weight is 482 g/mol. The largest absolute Gasteiger partial charge is 0.509 e. The van der Waals surface area contributed by atoms with Crippen molar-refractivity contribution >= 4 is 46.0 Å². The van der Waals surface area contributed by atoms with Gasteiger partial charge in [-0.05, 0) is 25.2 Å². The van der Waals surface area contributed by atoms with Gasteiger partial charge in [-0.2, -0.15) is 0 Å². The van der Waals surface area contributed by atoms with Gasteiger partial charge in [0.05, 0.1) is 0 Å². The Kier molecular flexibility index (Phi) is 8.61. The van der Waals surface area contributed by atoms with E-state index in [1.54, 1.807) is 52.9 Å². The fourth-order valence-corrected chi connectivity index (χ4v) is 2.21. The Hall–Kier alpha value is 0.300.